The van der Waals surface area contributed by atoms with Crippen molar-refractivity contribution in [3.8, 4) is 0 Å². The molecule has 136 valence electrons. The summed E-state index contributed by atoms with van der Waals surface area (Å²) in [7, 11) is 0. The Hall–Kier alpha value is -0.340. The van der Waals surface area contributed by atoms with Gasteiger partial charge in [0, 0.05) is 0 Å². The number of rotatable bonds is 2. The molecule has 6 atom stereocenters. The molecule has 0 saturated heterocycles. The zero-order chi connectivity index (χ0) is 17.2. The first-order valence-corrected chi connectivity index (χ1v) is 10.3. The molecule has 0 bridgehead atoms. The second-order valence-corrected chi connectivity index (χ2v) is 10.4. The van der Waals surface area contributed by atoms with Crippen molar-refractivity contribution in [3.05, 3.63) is 11.6 Å². The smallest absolute Gasteiger partial charge is 0.0597 e. The van der Waals surface area contributed by atoms with Crippen LogP contribution in [0.2, 0.25) is 0 Å². The van der Waals surface area contributed by atoms with Crippen molar-refractivity contribution in [2.24, 2.45) is 28.6 Å². The quantitative estimate of drug-likeness (QED) is 0.710. The lowest BCUT2D eigenvalue weighted by Gasteiger charge is -2.58. The number of allylic oxidation sites excluding steroid dienone is 1. The third-order valence-corrected chi connectivity index (χ3v) is 8.39. The summed E-state index contributed by atoms with van der Waals surface area (Å²) in [5.41, 5.74) is 1.76. The highest BCUT2D eigenvalue weighted by Crippen LogP contribution is 2.66. The highest BCUT2D eigenvalue weighted by Gasteiger charge is 2.57. The molecule has 0 spiro atoms. The van der Waals surface area contributed by atoms with Gasteiger partial charge in [-0.3, -0.25) is 0 Å². The van der Waals surface area contributed by atoms with Crippen LogP contribution in [0.3, 0.4) is 0 Å². The summed E-state index contributed by atoms with van der Waals surface area (Å²) >= 11 is 0. The summed E-state index contributed by atoms with van der Waals surface area (Å²) in [4.78, 5) is 0. The van der Waals surface area contributed by atoms with Crippen LogP contribution >= 0.6 is 0 Å². The fraction of sp³-hybridized carbons (Fsp3) is 0.909. The van der Waals surface area contributed by atoms with Crippen LogP contribution in [-0.4, -0.2) is 21.9 Å². The maximum absolute atomic E-state index is 10.5. The average molecular weight is 333 g/mol. The van der Waals surface area contributed by atoms with Crippen LogP contribution in [0.1, 0.15) is 85.0 Å². The monoisotopic (exact) mass is 332 g/mol. The molecule has 0 amide bonds. The lowest BCUT2D eigenvalue weighted by atomic mass is 9.47. The number of fused-ring (bicyclic) bond motifs is 5. The second kappa shape index (κ2) is 5.58. The van der Waals surface area contributed by atoms with E-state index >= 15 is 0 Å². The fourth-order valence-corrected chi connectivity index (χ4v) is 7.61. The summed E-state index contributed by atoms with van der Waals surface area (Å²) in [6.07, 6.45) is 14.4. The van der Waals surface area contributed by atoms with E-state index in [0.29, 0.717) is 10.8 Å². The van der Waals surface area contributed by atoms with Crippen molar-refractivity contribution in [2.45, 2.75) is 96.7 Å². The van der Waals surface area contributed by atoms with Crippen LogP contribution in [0.5, 0.6) is 0 Å². The summed E-state index contributed by atoms with van der Waals surface area (Å²) in [6.45, 7) is 6.51. The van der Waals surface area contributed by atoms with Gasteiger partial charge in [-0.1, -0.05) is 25.0 Å². The molecule has 0 radical (unpaired) electrons. The van der Waals surface area contributed by atoms with Gasteiger partial charge in [-0.2, -0.15) is 0 Å². The predicted molar refractivity (Wildman–Crippen MR) is 97.6 cm³/mol. The molecule has 3 saturated carbocycles. The van der Waals surface area contributed by atoms with Gasteiger partial charge in [-0.25, -0.2) is 0 Å². The Kier molecular flexibility index (Phi) is 3.97. The zero-order valence-corrected chi connectivity index (χ0v) is 15.9. The van der Waals surface area contributed by atoms with Crippen molar-refractivity contribution in [1.82, 2.24) is 0 Å². The van der Waals surface area contributed by atoms with Gasteiger partial charge in [-0.15, -0.1) is 0 Å². The highest BCUT2D eigenvalue weighted by atomic mass is 16.3. The molecule has 24 heavy (non-hydrogen) atoms. The highest BCUT2D eigenvalue weighted by molar-refractivity contribution is 5.25. The number of aliphatic hydroxyl groups is 2. The van der Waals surface area contributed by atoms with Crippen LogP contribution < -0.4 is 0 Å². The van der Waals surface area contributed by atoms with Gasteiger partial charge in [-0.05, 0) is 100 Å². The van der Waals surface area contributed by atoms with E-state index in [2.05, 4.69) is 13.0 Å². The van der Waals surface area contributed by atoms with Crippen LogP contribution in [0.15, 0.2) is 11.6 Å². The molecular formula is C22H36O2. The van der Waals surface area contributed by atoms with Crippen molar-refractivity contribution in [1.29, 1.82) is 0 Å². The topological polar surface area (TPSA) is 40.5 Å². The molecule has 0 aromatic carbocycles. The minimum Gasteiger partial charge on any atom is -0.393 e. The first-order chi connectivity index (χ1) is 11.2. The Morgan fingerprint density at radius 1 is 1.12 bits per heavy atom. The largest absolute Gasteiger partial charge is 0.393 e. The Labute approximate surface area is 147 Å². The van der Waals surface area contributed by atoms with Gasteiger partial charge in [0.1, 0.15) is 0 Å². The van der Waals surface area contributed by atoms with Gasteiger partial charge >= 0.3 is 0 Å². The molecule has 0 heterocycles. The average Bonchev–Trinajstić information content (AvgIpc) is 2.89. The summed E-state index contributed by atoms with van der Waals surface area (Å²) < 4.78 is 0. The third-order valence-electron chi connectivity index (χ3n) is 8.39. The lowest BCUT2D eigenvalue weighted by Crippen LogP contribution is -2.51. The SMILES string of the molecule is CC(C)(O)C[C@@]12CCC[C@H]1[C@@H]1CC=C3C[C@@H](O)CC[C@]3(C)[C@H]1CC2. The molecule has 4 rings (SSSR count). The fourth-order valence-electron chi connectivity index (χ4n) is 7.61. The predicted octanol–water partition coefficient (Wildman–Crippen LogP) is 4.84. The van der Waals surface area contributed by atoms with Gasteiger partial charge in [0.25, 0.3) is 0 Å². The third kappa shape index (κ3) is 2.60. The van der Waals surface area contributed by atoms with E-state index in [1.807, 2.05) is 13.8 Å². The Balaban J connectivity index is 1.64. The van der Waals surface area contributed by atoms with Crippen LogP contribution in [-0.2, 0) is 0 Å². The Morgan fingerprint density at radius 3 is 2.67 bits per heavy atom. The molecule has 2 heteroatoms. The first kappa shape index (κ1) is 17.1. The van der Waals surface area contributed by atoms with Gasteiger partial charge in [0.05, 0.1) is 11.7 Å². The minimum absolute atomic E-state index is 0.106. The maximum atomic E-state index is 10.5. The molecule has 2 nitrogen and oxygen atoms in total. The Bertz CT molecular complexity index is 531. The van der Waals surface area contributed by atoms with Crippen molar-refractivity contribution < 1.29 is 10.2 Å². The van der Waals surface area contributed by atoms with Gasteiger partial charge in [0.15, 0.2) is 0 Å². The van der Waals surface area contributed by atoms with E-state index in [1.54, 1.807) is 5.57 Å². The van der Waals surface area contributed by atoms with E-state index in [0.717, 1.165) is 37.0 Å². The lowest BCUT2D eigenvalue weighted by molar-refractivity contribution is -0.0768. The van der Waals surface area contributed by atoms with Crippen LogP contribution in [0.25, 0.3) is 0 Å². The molecule has 4 aliphatic carbocycles. The van der Waals surface area contributed by atoms with Crippen molar-refractivity contribution in [3.63, 3.8) is 0 Å². The second-order valence-electron chi connectivity index (χ2n) is 10.4. The van der Waals surface area contributed by atoms with E-state index < -0.39 is 5.60 Å². The summed E-state index contributed by atoms with van der Waals surface area (Å²) in [5.74, 6) is 2.43. The molecular weight excluding hydrogens is 296 g/mol. The number of aliphatic hydroxyl groups excluding tert-OH is 1. The molecule has 0 aromatic heterocycles. The van der Waals surface area contributed by atoms with E-state index in [9.17, 15) is 10.2 Å². The van der Waals surface area contributed by atoms with Crippen LogP contribution in [0.4, 0.5) is 0 Å². The van der Waals surface area contributed by atoms with E-state index in [4.69, 9.17) is 0 Å². The molecule has 0 aliphatic heterocycles. The molecule has 0 aromatic rings. The van der Waals surface area contributed by atoms with Crippen molar-refractivity contribution >= 4 is 0 Å². The normalized spacial score (nSPS) is 48.3. The van der Waals surface area contributed by atoms with Gasteiger partial charge in [0.2, 0.25) is 0 Å². The standard InChI is InChI=1S/C22H36O2/c1-20(2,24)14-22-10-4-5-19(22)17-7-6-15-13-16(23)8-11-21(15,3)18(17)9-12-22/h6,16-19,23-24H,4-5,7-14H2,1-3H3/t16-,17+,18-,19-,21-,22-/m0/s1. The zero-order valence-electron chi connectivity index (χ0n) is 15.9. The molecule has 3 fully saturated rings. The minimum atomic E-state index is -0.538. The summed E-state index contributed by atoms with van der Waals surface area (Å²) in [5, 5.41) is 20.6. The number of hydrogen-bond acceptors (Lipinski definition) is 2. The molecule has 2 N–H and O–H groups in total. The number of hydrogen-bond donors (Lipinski definition) is 2. The Morgan fingerprint density at radius 2 is 1.92 bits per heavy atom. The van der Waals surface area contributed by atoms with E-state index in [-0.39, 0.29) is 6.10 Å². The molecule has 0 unspecified atom stereocenters. The maximum Gasteiger partial charge on any atom is 0.0597 e. The van der Waals surface area contributed by atoms with Crippen LogP contribution in [0, 0.1) is 28.6 Å². The summed E-state index contributed by atoms with van der Waals surface area (Å²) in [6, 6.07) is 0. The first-order valence-electron chi connectivity index (χ1n) is 10.3. The van der Waals surface area contributed by atoms with Gasteiger partial charge < -0.3 is 10.2 Å². The molecule has 4 aliphatic rings. The van der Waals surface area contributed by atoms with E-state index in [1.165, 1.54) is 44.9 Å². The van der Waals surface area contributed by atoms with Crippen molar-refractivity contribution in [2.75, 3.05) is 0 Å².